The molecule has 0 bridgehead atoms. The van der Waals surface area contributed by atoms with E-state index >= 15 is 0 Å². The van der Waals surface area contributed by atoms with Crippen LogP contribution in [-0.4, -0.2) is 23.2 Å². The van der Waals surface area contributed by atoms with Crippen LogP contribution in [-0.2, 0) is 9.59 Å². The third-order valence-corrected chi connectivity index (χ3v) is 2.38. The maximum atomic E-state index is 11.0. The lowest BCUT2D eigenvalue weighted by Crippen LogP contribution is -2.33. The average Bonchev–Trinajstić information content (AvgIpc) is 2.02. The second-order valence-corrected chi connectivity index (χ2v) is 3.49. The number of hydrogen-bond acceptors (Lipinski definition) is 2. The minimum atomic E-state index is -0.405. The summed E-state index contributed by atoms with van der Waals surface area (Å²) in [5, 5.41) is 2.58. The number of halogens is 1. The molecule has 0 aliphatic heterocycles. The van der Waals surface area contributed by atoms with Gasteiger partial charge in [-0.15, -0.1) is 0 Å². The van der Waals surface area contributed by atoms with E-state index in [1.165, 1.54) is 0 Å². The second-order valence-electron chi connectivity index (χ2n) is 2.38. The van der Waals surface area contributed by atoms with E-state index in [2.05, 4.69) is 21.2 Å². The third-order valence-electron chi connectivity index (χ3n) is 1.31. The first-order chi connectivity index (χ1) is 5.57. The topological polar surface area (TPSA) is 72.2 Å². The number of alkyl halides is 1. The van der Waals surface area contributed by atoms with Crippen LogP contribution in [0.25, 0.3) is 0 Å². The first kappa shape index (κ1) is 11.4. The Morgan fingerprint density at radius 2 is 2.17 bits per heavy atom. The molecule has 0 heterocycles. The Morgan fingerprint density at radius 1 is 1.58 bits per heavy atom. The van der Waals surface area contributed by atoms with E-state index in [1.807, 2.05) is 6.92 Å². The van der Waals surface area contributed by atoms with Gasteiger partial charge in [-0.2, -0.15) is 0 Å². The molecule has 0 aromatic carbocycles. The van der Waals surface area contributed by atoms with E-state index in [1.54, 1.807) is 0 Å². The van der Waals surface area contributed by atoms with Gasteiger partial charge in [0.25, 0.3) is 0 Å². The molecule has 0 aromatic rings. The van der Waals surface area contributed by atoms with Crippen molar-refractivity contribution in [3.63, 3.8) is 0 Å². The molecule has 0 radical (unpaired) electrons. The molecule has 0 saturated heterocycles. The Hall–Kier alpha value is -0.580. The third kappa shape index (κ3) is 5.12. The van der Waals surface area contributed by atoms with Gasteiger partial charge < -0.3 is 11.1 Å². The minimum absolute atomic E-state index is 0.0984. The Bertz CT molecular complexity index is 173. The van der Waals surface area contributed by atoms with Gasteiger partial charge in [0.2, 0.25) is 11.8 Å². The van der Waals surface area contributed by atoms with Crippen LogP contribution >= 0.6 is 15.9 Å². The second kappa shape index (κ2) is 5.99. The van der Waals surface area contributed by atoms with Gasteiger partial charge in [-0.05, 0) is 6.42 Å². The number of amides is 2. The SMILES string of the molecule is CCC(Br)C(=O)NCCC(N)=O. The van der Waals surface area contributed by atoms with Gasteiger partial charge in [-0.3, -0.25) is 9.59 Å². The largest absolute Gasteiger partial charge is 0.370 e. The van der Waals surface area contributed by atoms with Crippen molar-refractivity contribution < 1.29 is 9.59 Å². The van der Waals surface area contributed by atoms with Crippen LogP contribution < -0.4 is 11.1 Å². The van der Waals surface area contributed by atoms with Gasteiger partial charge >= 0.3 is 0 Å². The highest BCUT2D eigenvalue weighted by molar-refractivity contribution is 9.10. The molecule has 0 saturated carbocycles. The first-order valence-electron chi connectivity index (χ1n) is 3.78. The van der Waals surface area contributed by atoms with Crippen LogP contribution in [0.15, 0.2) is 0 Å². The van der Waals surface area contributed by atoms with E-state index < -0.39 is 5.91 Å². The molecule has 0 fully saturated rings. The van der Waals surface area contributed by atoms with Crippen molar-refractivity contribution in [1.29, 1.82) is 0 Å². The van der Waals surface area contributed by atoms with Crippen molar-refractivity contribution in [3.8, 4) is 0 Å². The molecule has 1 atom stereocenters. The van der Waals surface area contributed by atoms with Crippen LogP contribution in [0.4, 0.5) is 0 Å². The zero-order valence-corrected chi connectivity index (χ0v) is 8.56. The number of carbonyl (C=O) groups excluding carboxylic acids is 2. The summed E-state index contributed by atoms with van der Waals surface area (Å²) in [6, 6.07) is 0. The first-order valence-corrected chi connectivity index (χ1v) is 4.69. The summed E-state index contributed by atoms with van der Waals surface area (Å²) in [7, 11) is 0. The number of carbonyl (C=O) groups is 2. The van der Waals surface area contributed by atoms with Crippen LogP contribution in [0.2, 0.25) is 0 Å². The molecular weight excluding hydrogens is 224 g/mol. The Kier molecular flexibility index (Phi) is 5.70. The highest BCUT2D eigenvalue weighted by Crippen LogP contribution is 2.03. The fraction of sp³-hybridized carbons (Fsp3) is 0.714. The van der Waals surface area contributed by atoms with Gasteiger partial charge in [0.15, 0.2) is 0 Å². The molecule has 0 aromatic heterocycles. The predicted octanol–water partition coefficient (Wildman–Crippen LogP) is 0.152. The molecule has 0 aliphatic carbocycles. The zero-order chi connectivity index (χ0) is 9.56. The van der Waals surface area contributed by atoms with E-state index in [4.69, 9.17) is 5.73 Å². The fourth-order valence-electron chi connectivity index (χ4n) is 0.605. The Morgan fingerprint density at radius 3 is 2.58 bits per heavy atom. The maximum absolute atomic E-state index is 11.0. The summed E-state index contributed by atoms with van der Waals surface area (Å²) in [4.78, 5) is 21.1. The summed E-state index contributed by atoms with van der Waals surface area (Å²) in [5.74, 6) is -0.503. The highest BCUT2D eigenvalue weighted by Gasteiger charge is 2.10. The Labute approximate surface area is 80.0 Å². The van der Waals surface area contributed by atoms with Gasteiger partial charge in [0.05, 0.1) is 4.83 Å². The molecule has 0 aliphatic rings. The number of nitrogens with two attached hydrogens (primary N) is 1. The van der Waals surface area contributed by atoms with Gasteiger partial charge in [-0.1, -0.05) is 22.9 Å². The van der Waals surface area contributed by atoms with Gasteiger partial charge in [0, 0.05) is 13.0 Å². The van der Waals surface area contributed by atoms with Crippen LogP contribution in [0.1, 0.15) is 19.8 Å². The van der Waals surface area contributed by atoms with Crippen LogP contribution in [0.3, 0.4) is 0 Å². The maximum Gasteiger partial charge on any atom is 0.233 e. The molecule has 0 rings (SSSR count). The summed E-state index contributed by atoms with van der Waals surface area (Å²) in [6.45, 7) is 2.21. The number of primary amides is 1. The number of nitrogens with one attached hydrogen (secondary N) is 1. The highest BCUT2D eigenvalue weighted by atomic mass is 79.9. The lowest BCUT2D eigenvalue weighted by molar-refractivity contribution is -0.120. The molecule has 0 spiro atoms. The van der Waals surface area contributed by atoms with Crippen molar-refractivity contribution in [3.05, 3.63) is 0 Å². The summed E-state index contributed by atoms with van der Waals surface area (Å²) in [6.07, 6.45) is 0.914. The lowest BCUT2D eigenvalue weighted by atomic mass is 10.3. The van der Waals surface area contributed by atoms with Gasteiger partial charge in [-0.25, -0.2) is 0 Å². The summed E-state index contributed by atoms with van der Waals surface area (Å²) < 4.78 is 0. The molecule has 2 amide bonds. The van der Waals surface area contributed by atoms with Gasteiger partial charge in [0.1, 0.15) is 0 Å². The quantitative estimate of drug-likeness (QED) is 0.668. The number of hydrogen-bond donors (Lipinski definition) is 2. The van der Waals surface area contributed by atoms with Crippen molar-refractivity contribution in [2.75, 3.05) is 6.54 Å². The normalized spacial score (nSPS) is 12.2. The molecule has 5 heteroatoms. The molecule has 4 nitrogen and oxygen atoms in total. The molecule has 3 N–H and O–H groups in total. The fourth-order valence-corrected chi connectivity index (χ4v) is 0.767. The monoisotopic (exact) mass is 236 g/mol. The van der Waals surface area contributed by atoms with Crippen LogP contribution in [0, 0.1) is 0 Å². The summed E-state index contributed by atoms with van der Waals surface area (Å²) in [5.41, 5.74) is 4.89. The predicted molar refractivity (Wildman–Crippen MR) is 49.8 cm³/mol. The van der Waals surface area contributed by atoms with Crippen molar-refractivity contribution in [2.45, 2.75) is 24.6 Å². The lowest BCUT2D eigenvalue weighted by Gasteiger charge is -2.06. The average molecular weight is 237 g/mol. The minimum Gasteiger partial charge on any atom is -0.370 e. The van der Waals surface area contributed by atoms with E-state index in [9.17, 15) is 9.59 Å². The zero-order valence-electron chi connectivity index (χ0n) is 6.97. The van der Waals surface area contributed by atoms with Crippen molar-refractivity contribution in [2.24, 2.45) is 5.73 Å². The summed E-state index contributed by atoms with van der Waals surface area (Å²) >= 11 is 3.18. The van der Waals surface area contributed by atoms with Crippen molar-refractivity contribution in [1.82, 2.24) is 5.32 Å². The smallest absolute Gasteiger partial charge is 0.233 e. The van der Waals surface area contributed by atoms with E-state index in [-0.39, 0.29) is 17.2 Å². The molecule has 70 valence electrons. The molecular formula is C7H13BrN2O2. The van der Waals surface area contributed by atoms with E-state index in [0.29, 0.717) is 6.54 Å². The van der Waals surface area contributed by atoms with Crippen molar-refractivity contribution >= 4 is 27.7 Å². The van der Waals surface area contributed by atoms with Crippen LogP contribution in [0.5, 0.6) is 0 Å². The number of rotatable bonds is 5. The Balaban J connectivity index is 3.50. The standard InChI is InChI=1S/C7H13BrN2O2/c1-2-5(8)7(12)10-4-3-6(9)11/h5H,2-4H2,1H3,(H2,9,11)(H,10,12). The molecule has 1 unspecified atom stereocenters. The van der Waals surface area contributed by atoms with E-state index in [0.717, 1.165) is 6.42 Å². The molecule has 12 heavy (non-hydrogen) atoms.